The summed E-state index contributed by atoms with van der Waals surface area (Å²) in [5.74, 6) is 1.51. The van der Waals surface area contributed by atoms with E-state index in [0.717, 1.165) is 58.5 Å². The standard InChI is InChI=1S/C28H28N4O4S.C21H21BrN4O4S/c1-18-22(14-20-10-6-4-7-11-20)23-16-31(28(34)36-17-21-12-8-5-9-13-21)24(15-25(33)35-3)26-30-29-19(2)32(26)27(23)37-18;1-12-18(22)15-10-25(21(28)30-11-14-7-5-4-6-8-14)16(9-17(27)29-3)19-24-23-13(2)26(19)20(15)31-12/h4-13,24H,14-17H2,1-3H3;4-8,16H,9-11H2,1-3H3/t24-;16-/m00/s1. The first-order valence-corrected chi connectivity index (χ1v) is 24.1. The van der Waals surface area contributed by atoms with Crippen LogP contribution in [0.3, 0.4) is 0 Å². The summed E-state index contributed by atoms with van der Waals surface area (Å²) < 4.78 is 26.0. The molecule has 0 saturated carbocycles. The molecule has 68 heavy (non-hydrogen) atoms. The van der Waals surface area contributed by atoms with E-state index < -0.39 is 36.2 Å². The molecule has 6 heterocycles. The lowest BCUT2D eigenvalue weighted by atomic mass is 10.0. The molecule has 2 amide bonds. The third-order valence-electron chi connectivity index (χ3n) is 11.8. The molecule has 16 nitrogen and oxygen atoms in total. The molecule has 0 bridgehead atoms. The molecule has 2 aliphatic heterocycles. The fraction of sp³-hybridized carbons (Fsp3) is 0.306. The van der Waals surface area contributed by atoms with Crippen molar-refractivity contribution in [2.45, 2.75) is 85.3 Å². The number of rotatable bonds is 10. The van der Waals surface area contributed by atoms with Crippen LogP contribution in [0.4, 0.5) is 9.59 Å². The van der Waals surface area contributed by atoms with Gasteiger partial charge in [-0.25, -0.2) is 9.59 Å². The number of amides is 2. The number of hydrogen-bond donors (Lipinski definition) is 0. The van der Waals surface area contributed by atoms with Crippen LogP contribution in [-0.4, -0.2) is 77.7 Å². The second kappa shape index (κ2) is 21.1. The monoisotopic (exact) mass is 1020 g/mol. The number of carbonyl (C=O) groups excluding carboxylic acids is 4. The van der Waals surface area contributed by atoms with Crippen molar-refractivity contribution in [1.29, 1.82) is 0 Å². The summed E-state index contributed by atoms with van der Waals surface area (Å²) in [5, 5.41) is 19.2. The molecule has 0 radical (unpaired) electrons. The number of hydrogen-bond acceptors (Lipinski definition) is 14. The minimum Gasteiger partial charge on any atom is -0.469 e. The minimum atomic E-state index is -0.693. The molecule has 0 spiro atoms. The van der Waals surface area contributed by atoms with Crippen molar-refractivity contribution in [3.63, 3.8) is 0 Å². The average molecular weight is 1020 g/mol. The average Bonchev–Trinajstić information content (AvgIpc) is 4.04. The van der Waals surface area contributed by atoms with E-state index >= 15 is 0 Å². The van der Waals surface area contributed by atoms with Crippen LogP contribution in [0.5, 0.6) is 0 Å². The first-order chi connectivity index (χ1) is 32.9. The number of nitrogens with zero attached hydrogens (tertiary/aromatic N) is 8. The summed E-state index contributed by atoms with van der Waals surface area (Å²) in [4.78, 5) is 56.9. The zero-order valence-electron chi connectivity index (χ0n) is 38.3. The number of ether oxygens (including phenoxy) is 4. The minimum absolute atomic E-state index is 0.0549. The van der Waals surface area contributed by atoms with Crippen molar-refractivity contribution in [2.75, 3.05) is 14.2 Å². The first kappa shape index (κ1) is 47.8. The maximum absolute atomic E-state index is 13.6. The van der Waals surface area contributed by atoms with Gasteiger partial charge in [0.25, 0.3) is 0 Å². The van der Waals surface area contributed by atoms with Gasteiger partial charge in [0.2, 0.25) is 0 Å². The lowest BCUT2D eigenvalue weighted by Crippen LogP contribution is -2.36. The number of aromatic nitrogens is 6. The van der Waals surface area contributed by atoms with Gasteiger partial charge < -0.3 is 18.9 Å². The van der Waals surface area contributed by atoms with Gasteiger partial charge in [0.05, 0.1) is 40.2 Å². The van der Waals surface area contributed by atoms with Crippen LogP contribution in [-0.2, 0) is 61.3 Å². The molecule has 9 rings (SSSR count). The fourth-order valence-electron chi connectivity index (χ4n) is 8.26. The Bertz CT molecular complexity index is 2940. The molecular formula is C49H49BrN8O8S2. The second-order valence-electron chi connectivity index (χ2n) is 16.1. The quantitative estimate of drug-likeness (QED) is 0.0939. The van der Waals surface area contributed by atoms with E-state index in [1.807, 2.05) is 109 Å². The van der Waals surface area contributed by atoms with Crippen LogP contribution < -0.4 is 0 Å². The van der Waals surface area contributed by atoms with Crippen LogP contribution in [0.25, 0.3) is 10.0 Å². The fourth-order valence-corrected chi connectivity index (χ4v) is 11.3. The summed E-state index contributed by atoms with van der Waals surface area (Å²) in [6.45, 7) is 8.63. The summed E-state index contributed by atoms with van der Waals surface area (Å²) in [6, 6.07) is 27.8. The number of esters is 2. The van der Waals surface area contributed by atoms with Gasteiger partial charge in [0, 0.05) is 25.4 Å². The summed E-state index contributed by atoms with van der Waals surface area (Å²) in [5.41, 5.74) is 6.04. The number of carbonyl (C=O) groups is 4. The van der Waals surface area contributed by atoms with E-state index in [0.29, 0.717) is 23.3 Å². The van der Waals surface area contributed by atoms with E-state index in [1.165, 1.54) is 24.7 Å². The predicted molar refractivity (Wildman–Crippen MR) is 257 cm³/mol. The Morgan fingerprint density at radius 2 is 1.00 bits per heavy atom. The zero-order chi connectivity index (χ0) is 48.1. The number of benzene rings is 3. The van der Waals surface area contributed by atoms with Gasteiger partial charge in [-0.2, -0.15) is 0 Å². The van der Waals surface area contributed by atoms with Crippen molar-refractivity contribution in [1.82, 2.24) is 39.3 Å². The predicted octanol–water partition coefficient (Wildman–Crippen LogP) is 9.76. The lowest BCUT2D eigenvalue weighted by molar-refractivity contribution is -0.143. The van der Waals surface area contributed by atoms with Crippen LogP contribution in [0, 0.1) is 27.7 Å². The molecule has 0 aliphatic carbocycles. The topological polar surface area (TPSA) is 173 Å². The molecule has 2 atom stereocenters. The van der Waals surface area contributed by atoms with E-state index in [2.05, 4.69) is 55.4 Å². The van der Waals surface area contributed by atoms with Crippen molar-refractivity contribution in [3.8, 4) is 10.0 Å². The Balaban J connectivity index is 0.000000187. The highest BCUT2D eigenvalue weighted by Crippen LogP contribution is 2.44. The Kier molecular flexibility index (Phi) is 14.8. The highest BCUT2D eigenvalue weighted by Gasteiger charge is 2.40. The van der Waals surface area contributed by atoms with Crippen molar-refractivity contribution in [2.24, 2.45) is 0 Å². The van der Waals surface area contributed by atoms with Gasteiger partial charge in [-0.15, -0.1) is 43.1 Å². The third-order valence-corrected chi connectivity index (χ3v) is 15.4. The van der Waals surface area contributed by atoms with Crippen LogP contribution in [0.1, 0.15) is 91.4 Å². The first-order valence-electron chi connectivity index (χ1n) is 21.7. The molecule has 19 heteroatoms. The molecule has 3 aromatic carbocycles. The molecule has 0 N–H and O–H groups in total. The number of methoxy groups -OCH3 is 2. The van der Waals surface area contributed by atoms with Gasteiger partial charge in [0.1, 0.15) is 46.9 Å². The van der Waals surface area contributed by atoms with Gasteiger partial charge in [-0.1, -0.05) is 91.0 Å². The second-order valence-corrected chi connectivity index (χ2v) is 19.3. The van der Waals surface area contributed by atoms with Crippen molar-refractivity contribution in [3.05, 3.63) is 162 Å². The van der Waals surface area contributed by atoms with Gasteiger partial charge in [-0.3, -0.25) is 28.5 Å². The van der Waals surface area contributed by atoms with Crippen LogP contribution >= 0.6 is 38.6 Å². The Morgan fingerprint density at radius 3 is 1.46 bits per heavy atom. The molecular weight excluding hydrogens is 973 g/mol. The maximum Gasteiger partial charge on any atom is 0.411 e. The highest BCUT2D eigenvalue weighted by molar-refractivity contribution is 9.10. The van der Waals surface area contributed by atoms with E-state index in [1.54, 1.807) is 27.6 Å². The molecule has 0 unspecified atom stereocenters. The molecule has 0 fully saturated rings. The highest BCUT2D eigenvalue weighted by atomic mass is 79.9. The maximum atomic E-state index is 13.6. The Morgan fingerprint density at radius 1 is 0.588 bits per heavy atom. The van der Waals surface area contributed by atoms with Gasteiger partial charge in [0.15, 0.2) is 11.6 Å². The van der Waals surface area contributed by atoms with E-state index in [-0.39, 0.29) is 39.1 Å². The Hall–Kier alpha value is -6.70. The summed E-state index contributed by atoms with van der Waals surface area (Å²) in [7, 11) is 2.66. The summed E-state index contributed by atoms with van der Waals surface area (Å²) in [6.07, 6.45) is -0.442. The number of thiophene rings is 2. The van der Waals surface area contributed by atoms with Gasteiger partial charge >= 0.3 is 24.1 Å². The largest absolute Gasteiger partial charge is 0.469 e. The normalized spacial score (nSPS) is 14.8. The molecule has 352 valence electrons. The van der Waals surface area contributed by atoms with Crippen molar-refractivity contribution >= 4 is 62.7 Å². The van der Waals surface area contributed by atoms with Crippen molar-refractivity contribution < 1.29 is 38.1 Å². The smallest absolute Gasteiger partial charge is 0.411 e. The van der Waals surface area contributed by atoms with E-state index in [4.69, 9.17) is 18.9 Å². The lowest BCUT2D eigenvalue weighted by Gasteiger charge is -2.28. The molecule has 4 aromatic heterocycles. The SMILES string of the molecule is COC(=O)C[C@H]1c2nnc(C)n2-c2sc(C)c(Br)c2CN1C(=O)OCc1ccccc1.COC(=O)C[C@H]1c2nnc(C)n2-c2sc(C)c(Cc3ccccc3)c2CN1C(=O)OCc1ccccc1. The zero-order valence-corrected chi connectivity index (χ0v) is 41.5. The molecule has 7 aromatic rings. The molecule has 2 aliphatic rings. The number of fused-ring (bicyclic) bond motifs is 6. The van der Waals surface area contributed by atoms with E-state index in [9.17, 15) is 19.2 Å². The number of halogens is 1. The Labute approximate surface area is 409 Å². The third kappa shape index (κ3) is 10.1. The molecule has 0 saturated heterocycles. The van der Waals surface area contributed by atoms with Crippen LogP contribution in [0.2, 0.25) is 0 Å². The van der Waals surface area contributed by atoms with Gasteiger partial charge in [-0.05, 0) is 72.3 Å². The number of aryl methyl sites for hydroxylation is 4. The van der Waals surface area contributed by atoms with Crippen LogP contribution in [0.15, 0.2) is 95.5 Å². The summed E-state index contributed by atoms with van der Waals surface area (Å²) >= 11 is 6.89.